The van der Waals surface area contributed by atoms with E-state index in [1.165, 1.54) is 5.69 Å². The van der Waals surface area contributed by atoms with Gasteiger partial charge in [0.15, 0.2) is 0 Å². The number of anilines is 4. The van der Waals surface area contributed by atoms with Gasteiger partial charge in [-0.05, 0) is 62.4 Å². The third kappa shape index (κ3) is 5.69. The third-order valence-electron chi connectivity index (χ3n) is 4.34. The van der Waals surface area contributed by atoms with Gasteiger partial charge in [-0.1, -0.05) is 0 Å². The molecule has 2 aromatic rings. The van der Waals surface area contributed by atoms with Gasteiger partial charge in [-0.2, -0.15) is 0 Å². The first kappa shape index (κ1) is 19.6. The Bertz CT molecular complexity index is 676. The molecule has 2 rings (SSSR count). The minimum atomic E-state index is 0.0120. The molecule has 5 nitrogen and oxygen atoms in total. The minimum absolute atomic E-state index is 0.0120. The SMILES string of the molecule is CCN(CC)c1ccc(NC(=O)CCNc2ccc(N(C)C)cc2)cc1. The summed E-state index contributed by atoms with van der Waals surface area (Å²) in [6.45, 7) is 6.83. The third-order valence-corrected chi connectivity index (χ3v) is 4.34. The second-order valence-corrected chi connectivity index (χ2v) is 6.39. The largest absolute Gasteiger partial charge is 0.385 e. The van der Waals surface area contributed by atoms with Gasteiger partial charge in [-0.25, -0.2) is 0 Å². The van der Waals surface area contributed by atoms with Crippen molar-refractivity contribution in [2.24, 2.45) is 0 Å². The van der Waals surface area contributed by atoms with E-state index in [0.29, 0.717) is 13.0 Å². The predicted molar refractivity (Wildman–Crippen MR) is 113 cm³/mol. The normalized spacial score (nSPS) is 10.3. The van der Waals surface area contributed by atoms with Crippen molar-refractivity contribution < 1.29 is 4.79 Å². The molecule has 0 aliphatic heterocycles. The van der Waals surface area contributed by atoms with Crippen molar-refractivity contribution in [3.63, 3.8) is 0 Å². The average Bonchev–Trinajstić information content (AvgIpc) is 2.64. The van der Waals surface area contributed by atoms with Crippen LogP contribution in [0.5, 0.6) is 0 Å². The summed E-state index contributed by atoms with van der Waals surface area (Å²) in [4.78, 5) is 16.4. The molecule has 26 heavy (non-hydrogen) atoms. The van der Waals surface area contributed by atoms with Crippen LogP contribution in [-0.4, -0.2) is 39.6 Å². The summed E-state index contributed by atoms with van der Waals surface area (Å²) in [7, 11) is 4.03. The fourth-order valence-electron chi connectivity index (χ4n) is 2.77. The van der Waals surface area contributed by atoms with Crippen LogP contribution in [0.2, 0.25) is 0 Å². The molecule has 0 fully saturated rings. The molecule has 2 N–H and O–H groups in total. The van der Waals surface area contributed by atoms with Gasteiger partial charge in [0.2, 0.25) is 5.91 Å². The van der Waals surface area contributed by atoms with Crippen molar-refractivity contribution in [3.8, 4) is 0 Å². The van der Waals surface area contributed by atoms with E-state index in [4.69, 9.17) is 0 Å². The monoisotopic (exact) mass is 354 g/mol. The van der Waals surface area contributed by atoms with Crippen molar-refractivity contribution >= 4 is 28.7 Å². The number of hydrogen-bond acceptors (Lipinski definition) is 4. The first-order valence-corrected chi connectivity index (χ1v) is 9.19. The first-order chi connectivity index (χ1) is 12.5. The lowest BCUT2D eigenvalue weighted by molar-refractivity contribution is -0.115. The molecule has 0 spiro atoms. The summed E-state index contributed by atoms with van der Waals surface area (Å²) in [6, 6.07) is 16.2. The van der Waals surface area contributed by atoms with Gasteiger partial charge in [0.1, 0.15) is 0 Å². The highest BCUT2D eigenvalue weighted by atomic mass is 16.1. The van der Waals surface area contributed by atoms with Crippen LogP contribution in [0, 0.1) is 0 Å². The number of benzene rings is 2. The van der Waals surface area contributed by atoms with Crippen molar-refractivity contribution in [2.75, 3.05) is 54.2 Å². The second kappa shape index (κ2) is 9.70. The van der Waals surface area contributed by atoms with Crippen molar-refractivity contribution in [1.29, 1.82) is 0 Å². The van der Waals surface area contributed by atoms with Crippen LogP contribution >= 0.6 is 0 Å². The molecule has 140 valence electrons. The van der Waals surface area contributed by atoms with Gasteiger partial charge in [0.25, 0.3) is 0 Å². The maximum atomic E-state index is 12.1. The lowest BCUT2D eigenvalue weighted by Gasteiger charge is -2.21. The van der Waals surface area contributed by atoms with Crippen LogP contribution < -0.4 is 20.4 Å². The van der Waals surface area contributed by atoms with E-state index in [-0.39, 0.29) is 5.91 Å². The molecule has 2 aromatic carbocycles. The molecular weight excluding hydrogens is 324 g/mol. The van der Waals surface area contributed by atoms with Gasteiger partial charge in [-0.3, -0.25) is 4.79 Å². The molecule has 0 aromatic heterocycles. The molecule has 0 radical (unpaired) electrons. The summed E-state index contributed by atoms with van der Waals surface area (Å²) >= 11 is 0. The minimum Gasteiger partial charge on any atom is -0.385 e. The summed E-state index contributed by atoms with van der Waals surface area (Å²) < 4.78 is 0. The number of nitrogens with one attached hydrogen (secondary N) is 2. The summed E-state index contributed by atoms with van der Waals surface area (Å²) in [6.07, 6.45) is 0.424. The zero-order valence-corrected chi connectivity index (χ0v) is 16.2. The Morgan fingerprint density at radius 1 is 0.846 bits per heavy atom. The van der Waals surface area contributed by atoms with E-state index >= 15 is 0 Å². The predicted octanol–water partition coefficient (Wildman–Crippen LogP) is 4.04. The topological polar surface area (TPSA) is 47.6 Å². The standard InChI is InChI=1S/C21H30N4O/c1-5-25(6-2)20-13-9-18(10-14-20)23-21(26)15-16-22-17-7-11-19(12-8-17)24(3)4/h7-14,22H,5-6,15-16H2,1-4H3,(H,23,26). The molecular formula is C21H30N4O. The van der Waals surface area contributed by atoms with Crippen LogP contribution in [-0.2, 0) is 4.79 Å². The quantitative estimate of drug-likeness (QED) is 0.713. The number of carbonyl (C=O) groups excluding carboxylic acids is 1. The fraction of sp³-hybridized carbons (Fsp3) is 0.381. The van der Waals surface area contributed by atoms with Gasteiger partial charge < -0.3 is 20.4 Å². The Labute approximate surface area is 157 Å². The van der Waals surface area contributed by atoms with Gasteiger partial charge in [-0.15, -0.1) is 0 Å². The Kier molecular flexibility index (Phi) is 7.33. The maximum absolute atomic E-state index is 12.1. The van der Waals surface area contributed by atoms with Crippen LogP contribution in [0.4, 0.5) is 22.7 Å². The Balaban J connectivity index is 1.78. The van der Waals surface area contributed by atoms with Crippen LogP contribution in [0.25, 0.3) is 0 Å². The summed E-state index contributed by atoms with van der Waals surface area (Å²) in [5.74, 6) is 0.0120. The van der Waals surface area contributed by atoms with Gasteiger partial charge >= 0.3 is 0 Å². The van der Waals surface area contributed by atoms with E-state index in [1.54, 1.807) is 0 Å². The lowest BCUT2D eigenvalue weighted by Crippen LogP contribution is -2.21. The number of hydrogen-bond donors (Lipinski definition) is 2. The smallest absolute Gasteiger partial charge is 0.226 e. The fourth-order valence-corrected chi connectivity index (χ4v) is 2.77. The van der Waals surface area contributed by atoms with Crippen LogP contribution in [0.15, 0.2) is 48.5 Å². The highest BCUT2D eigenvalue weighted by Crippen LogP contribution is 2.18. The Morgan fingerprint density at radius 3 is 1.92 bits per heavy atom. The molecule has 0 saturated heterocycles. The van der Waals surface area contributed by atoms with E-state index in [9.17, 15) is 4.79 Å². The summed E-state index contributed by atoms with van der Waals surface area (Å²) in [5.41, 5.74) is 4.19. The molecule has 0 aliphatic carbocycles. The Hall–Kier alpha value is -2.69. The molecule has 0 atom stereocenters. The maximum Gasteiger partial charge on any atom is 0.226 e. The average molecular weight is 354 g/mol. The summed E-state index contributed by atoms with van der Waals surface area (Å²) in [5, 5.41) is 6.23. The number of amides is 1. The molecule has 5 heteroatoms. The van der Waals surface area contributed by atoms with E-state index in [0.717, 1.165) is 30.2 Å². The molecule has 0 aliphatic rings. The van der Waals surface area contributed by atoms with Crippen molar-refractivity contribution in [2.45, 2.75) is 20.3 Å². The van der Waals surface area contributed by atoms with E-state index < -0.39 is 0 Å². The van der Waals surface area contributed by atoms with Gasteiger partial charge in [0, 0.05) is 62.9 Å². The molecule has 0 bridgehead atoms. The van der Waals surface area contributed by atoms with Crippen molar-refractivity contribution in [3.05, 3.63) is 48.5 Å². The number of carbonyl (C=O) groups is 1. The van der Waals surface area contributed by atoms with Crippen LogP contribution in [0.1, 0.15) is 20.3 Å². The zero-order chi connectivity index (χ0) is 18.9. The first-order valence-electron chi connectivity index (χ1n) is 9.19. The lowest BCUT2D eigenvalue weighted by atomic mass is 10.2. The Morgan fingerprint density at radius 2 is 1.38 bits per heavy atom. The number of nitrogens with zero attached hydrogens (tertiary/aromatic N) is 2. The van der Waals surface area contributed by atoms with E-state index in [1.807, 2.05) is 50.5 Å². The molecule has 1 amide bonds. The molecule has 0 heterocycles. The van der Waals surface area contributed by atoms with E-state index in [2.05, 4.69) is 46.4 Å². The highest BCUT2D eigenvalue weighted by Gasteiger charge is 2.05. The second-order valence-electron chi connectivity index (χ2n) is 6.39. The molecule has 0 saturated carbocycles. The van der Waals surface area contributed by atoms with Crippen LogP contribution in [0.3, 0.4) is 0 Å². The van der Waals surface area contributed by atoms with Gasteiger partial charge in [0.05, 0.1) is 0 Å². The zero-order valence-electron chi connectivity index (χ0n) is 16.2. The number of rotatable bonds is 9. The highest BCUT2D eigenvalue weighted by molar-refractivity contribution is 5.91. The molecule has 0 unspecified atom stereocenters. The van der Waals surface area contributed by atoms with Crippen molar-refractivity contribution in [1.82, 2.24) is 0 Å².